The highest BCUT2D eigenvalue weighted by Gasteiger charge is 2.17. The van der Waals surface area contributed by atoms with Crippen LogP contribution in [0.1, 0.15) is 0 Å². The summed E-state index contributed by atoms with van der Waals surface area (Å²) in [6.45, 7) is 0. The molecule has 0 bridgehead atoms. The zero-order chi connectivity index (χ0) is 18.1. The molecule has 0 aliphatic rings. The highest BCUT2D eigenvalue weighted by atomic mass is 35.5. The molecule has 0 atom stereocenters. The number of aromatic nitrogens is 4. The summed E-state index contributed by atoms with van der Waals surface area (Å²) in [5.74, 6) is 0.976. The molecule has 2 aromatic carbocycles. The Morgan fingerprint density at radius 1 is 1.08 bits per heavy atom. The number of hydrogen-bond acceptors (Lipinski definition) is 5. The third-order valence-electron chi connectivity index (χ3n) is 3.70. The molecule has 2 N–H and O–H groups in total. The van der Waals surface area contributed by atoms with Crippen molar-refractivity contribution in [3.63, 3.8) is 0 Å². The predicted octanol–water partition coefficient (Wildman–Crippen LogP) is 3.59. The number of carbonyl (C=O) groups is 1. The van der Waals surface area contributed by atoms with E-state index in [2.05, 4.69) is 15.0 Å². The number of imidazole rings is 1. The maximum atomic E-state index is 11.1. The Labute approximate surface area is 153 Å². The molecule has 128 valence electrons. The van der Waals surface area contributed by atoms with E-state index in [4.69, 9.17) is 22.1 Å². The van der Waals surface area contributed by atoms with Gasteiger partial charge in [0.05, 0.1) is 11.9 Å². The van der Waals surface area contributed by atoms with E-state index in [-0.39, 0.29) is 5.28 Å². The zero-order valence-electron chi connectivity index (χ0n) is 13.3. The van der Waals surface area contributed by atoms with Gasteiger partial charge in [-0.05, 0) is 23.7 Å². The van der Waals surface area contributed by atoms with Gasteiger partial charge in [-0.15, -0.1) is 0 Å². The first kappa shape index (κ1) is 16.0. The molecule has 7 nitrogen and oxygen atoms in total. The average molecular weight is 366 g/mol. The normalized spacial score (nSPS) is 10.8. The van der Waals surface area contributed by atoms with Crippen LogP contribution in [0.25, 0.3) is 28.2 Å². The molecule has 0 saturated carbocycles. The van der Waals surface area contributed by atoms with E-state index in [0.29, 0.717) is 28.4 Å². The molecule has 26 heavy (non-hydrogen) atoms. The molecular weight excluding hydrogens is 354 g/mol. The largest absolute Gasteiger partial charge is 0.410 e. The monoisotopic (exact) mass is 365 g/mol. The molecule has 0 spiro atoms. The number of benzene rings is 2. The van der Waals surface area contributed by atoms with Crippen molar-refractivity contribution >= 4 is 28.9 Å². The second-order valence-electron chi connectivity index (χ2n) is 5.40. The fraction of sp³-hybridized carbons (Fsp3) is 0. The Kier molecular flexibility index (Phi) is 3.98. The number of fused-ring (bicyclic) bond motifs is 1. The van der Waals surface area contributed by atoms with Crippen molar-refractivity contribution in [2.24, 2.45) is 5.73 Å². The highest BCUT2D eigenvalue weighted by molar-refractivity contribution is 6.28. The third kappa shape index (κ3) is 2.96. The van der Waals surface area contributed by atoms with E-state index in [1.54, 1.807) is 24.4 Å². The summed E-state index contributed by atoms with van der Waals surface area (Å²) < 4.78 is 6.81. The van der Waals surface area contributed by atoms with Gasteiger partial charge in [-0.25, -0.2) is 14.8 Å². The van der Waals surface area contributed by atoms with E-state index in [9.17, 15) is 4.79 Å². The van der Waals surface area contributed by atoms with Crippen LogP contribution in [0.3, 0.4) is 0 Å². The Hall–Kier alpha value is -3.45. The lowest BCUT2D eigenvalue weighted by molar-refractivity contribution is 0.211. The zero-order valence-corrected chi connectivity index (χ0v) is 14.1. The van der Waals surface area contributed by atoms with E-state index in [0.717, 1.165) is 5.56 Å². The van der Waals surface area contributed by atoms with Crippen molar-refractivity contribution < 1.29 is 9.53 Å². The average Bonchev–Trinajstić information content (AvgIpc) is 3.00. The van der Waals surface area contributed by atoms with Gasteiger partial charge in [0.1, 0.15) is 17.1 Å². The van der Waals surface area contributed by atoms with Gasteiger partial charge in [0.25, 0.3) is 0 Å². The molecule has 0 aliphatic carbocycles. The van der Waals surface area contributed by atoms with Gasteiger partial charge >= 0.3 is 6.09 Å². The van der Waals surface area contributed by atoms with Gasteiger partial charge in [-0.2, -0.15) is 4.98 Å². The summed E-state index contributed by atoms with van der Waals surface area (Å²) in [5, 5.41) is 0.114. The van der Waals surface area contributed by atoms with E-state index in [1.165, 1.54) is 0 Å². The van der Waals surface area contributed by atoms with Crippen molar-refractivity contribution in [3.8, 4) is 22.8 Å². The minimum atomic E-state index is -0.883. The van der Waals surface area contributed by atoms with Crippen molar-refractivity contribution in [2.45, 2.75) is 0 Å². The van der Waals surface area contributed by atoms with Crippen LogP contribution < -0.4 is 10.5 Å². The van der Waals surface area contributed by atoms with Gasteiger partial charge in [0.15, 0.2) is 5.65 Å². The summed E-state index contributed by atoms with van der Waals surface area (Å²) in [4.78, 5) is 24.0. The number of rotatable bonds is 3. The van der Waals surface area contributed by atoms with Crippen LogP contribution in [-0.4, -0.2) is 25.6 Å². The number of hydrogen-bond donors (Lipinski definition) is 1. The molecule has 4 rings (SSSR count). The van der Waals surface area contributed by atoms with Gasteiger partial charge in [-0.1, -0.05) is 36.4 Å². The Bertz CT molecular complexity index is 1110. The molecule has 2 heterocycles. The fourth-order valence-electron chi connectivity index (χ4n) is 2.68. The van der Waals surface area contributed by atoms with Crippen molar-refractivity contribution in [1.29, 1.82) is 0 Å². The topological polar surface area (TPSA) is 95.9 Å². The molecule has 0 saturated heterocycles. The van der Waals surface area contributed by atoms with E-state index in [1.807, 2.05) is 41.0 Å². The van der Waals surface area contributed by atoms with E-state index < -0.39 is 6.09 Å². The molecule has 0 aliphatic heterocycles. The number of nitrogens with two attached hydrogens (primary N) is 1. The van der Waals surface area contributed by atoms with Crippen LogP contribution >= 0.6 is 11.6 Å². The minimum Gasteiger partial charge on any atom is -0.410 e. The summed E-state index contributed by atoms with van der Waals surface area (Å²) in [6.07, 6.45) is 0.684. The number of halogens is 1. The molecule has 2 aromatic heterocycles. The van der Waals surface area contributed by atoms with Gasteiger partial charge < -0.3 is 10.5 Å². The summed E-state index contributed by atoms with van der Waals surface area (Å²) >= 11 is 5.98. The quantitative estimate of drug-likeness (QED) is 0.559. The first-order chi connectivity index (χ1) is 12.6. The van der Waals surface area contributed by atoms with E-state index >= 15 is 0 Å². The van der Waals surface area contributed by atoms with Crippen LogP contribution in [0.15, 0.2) is 60.8 Å². The van der Waals surface area contributed by atoms with Crippen LogP contribution in [0.5, 0.6) is 5.75 Å². The molecule has 0 unspecified atom stereocenters. The molecule has 4 aromatic rings. The van der Waals surface area contributed by atoms with Gasteiger partial charge in [0, 0.05) is 11.6 Å². The fourth-order valence-corrected chi connectivity index (χ4v) is 2.81. The lowest BCUT2D eigenvalue weighted by atomic mass is 10.2. The second kappa shape index (κ2) is 6.45. The van der Waals surface area contributed by atoms with Crippen molar-refractivity contribution in [1.82, 2.24) is 19.5 Å². The smallest absolute Gasteiger partial charge is 0.409 e. The van der Waals surface area contributed by atoms with Gasteiger partial charge in [0.2, 0.25) is 5.28 Å². The van der Waals surface area contributed by atoms with Crippen LogP contribution in [-0.2, 0) is 0 Å². The van der Waals surface area contributed by atoms with Crippen molar-refractivity contribution in [3.05, 3.63) is 66.1 Å². The second-order valence-corrected chi connectivity index (χ2v) is 5.74. The summed E-state index contributed by atoms with van der Waals surface area (Å²) in [6, 6.07) is 16.6. The number of ether oxygens (including phenoxy) is 1. The first-order valence-electron chi connectivity index (χ1n) is 7.66. The maximum absolute atomic E-state index is 11.1. The standard InChI is InChI=1S/C18H12ClN5O2/c19-17-21-10-14-16(23-17)24(15(22-14)11-5-2-1-3-6-11)12-7-4-8-13(9-12)26-18(20)25/h1-10H,(H2,20,25). The number of nitrogens with zero attached hydrogens (tertiary/aromatic N) is 4. The van der Waals surface area contributed by atoms with Crippen molar-refractivity contribution in [2.75, 3.05) is 0 Å². The SMILES string of the molecule is NC(=O)Oc1cccc(-n2c(-c3ccccc3)nc3cnc(Cl)nc32)c1. The Balaban J connectivity index is 1.98. The molecule has 1 amide bonds. The van der Waals surface area contributed by atoms with Crippen LogP contribution in [0, 0.1) is 0 Å². The Morgan fingerprint density at radius 3 is 2.65 bits per heavy atom. The number of amides is 1. The summed E-state index contributed by atoms with van der Waals surface area (Å²) in [7, 11) is 0. The molecule has 8 heteroatoms. The highest BCUT2D eigenvalue weighted by Crippen LogP contribution is 2.29. The first-order valence-corrected chi connectivity index (χ1v) is 8.04. The van der Waals surface area contributed by atoms with Gasteiger partial charge in [-0.3, -0.25) is 4.57 Å². The third-order valence-corrected chi connectivity index (χ3v) is 3.88. The lowest BCUT2D eigenvalue weighted by Gasteiger charge is -2.10. The predicted molar refractivity (Wildman–Crippen MR) is 97.3 cm³/mol. The van der Waals surface area contributed by atoms with Crippen LogP contribution in [0.4, 0.5) is 4.79 Å². The maximum Gasteiger partial charge on any atom is 0.409 e. The van der Waals surface area contributed by atoms with Crippen LogP contribution in [0.2, 0.25) is 5.28 Å². The number of primary amides is 1. The lowest BCUT2D eigenvalue weighted by Crippen LogP contribution is -2.16. The minimum absolute atomic E-state index is 0.114. The number of carbonyl (C=O) groups excluding carboxylic acids is 1. The molecular formula is C18H12ClN5O2. The molecule has 0 fully saturated rings. The Morgan fingerprint density at radius 2 is 1.88 bits per heavy atom. The molecule has 0 radical (unpaired) electrons. The summed E-state index contributed by atoms with van der Waals surface area (Å²) in [5.41, 5.74) is 7.83.